The first-order valence-electron chi connectivity index (χ1n) is 7.25. The molecular weight excluding hydrogens is 278 g/mol. The van der Waals surface area contributed by atoms with Gasteiger partial charge in [-0.05, 0) is 25.5 Å². The topological polar surface area (TPSA) is 72.7 Å². The van der Waals surface area contributed by atoms with Crippen LogP contribution in [0, 0.1) is 6.92 Å². The molecule has 3 aromatic rings. The van der Waals surface area contributed by atoms with Gasteiger partial charge in [-0.15, -0.1) is 0 Å². The number of hydrogen-bond acceptors (Lipinski definition) is 4. The molecule has 0 aliphatic rings. The summed E-state index contributed by atoms with van der Waals surface area (Å²) in [5.74, 6) is 0.398. The SMILES string of the molecule is CCCn1nc(C)cc1NC(=O)c1cnc2ccccc2n1. The Morgan fingerprint density at radius 3 is 2.82 bits per heavy atom. The molecular formula is C16H17N5O. The maximum atomic E-state index is 12.4. The molecule has 1 N–H and O–H groups in total. The second kappa shape index (κ2) is 5.93. The lowest BCUT2D eigenvalue weighted by Crippen LogP contribution is -2.17. The van der Waals surface area contributed by atoms with Crippen molar-refractivity contribution in [2.24, 2.45) is 0 Å². The summed E-state index contributed by atoms with van der Waals surface area (Å²) < 4.78 is 1.79. The summed E-state index contributed by atoms with van der Waals surface area (Å²) in [7, 11) is 0. The lowest BCUT2D eigenvalue weighted by molar-refractivity contribution is 0.102. The molecule has 0 radical (unpaired) electrons. The van der Waals surface area contributed by atoms with Crippen molar-refractivity contribution in [2.45, 2.75) is 26.8 Å². The lowest BCUT2D eigenvalue weighted by Gasteiger charge is -2.07. The molecule has 0 unspecified atom stereocenters. The molecule has 0 saturated carbocycles. The number of carbonyl (C=O) groups is 1. The molecule has 6 nitrogen and oxygen atoms in total. The molecule has 112 valence electrons. The minimum atomic E-state index is -0.282. The Labute approximate surface area is 128 Å². The van der Waals surface area contributed by atoms with Crippen molar-refractivity contribution in [3.63, 3.8) is 0 Å². The zero-order valence-electron chi connectivity index (χ0n) is 12.6. The van der Waals surface area contributed by atoms with Gasteiger partial charge >= 0.3 is 0 Å². The van der Waals surface area contributed by atoms with Gasteiger partial charge in [0.2, 0.25) is 0 Å². The van der Waals surface area contributed by atoms with Crippen molar-refractivity contribution in [3.8, 4) is 0 Å². The molecule has 0 aliphatic carbocycles. The summed E-state index contributed by atoms with van der Waals surface area (Å²) in [6, 6.07) is 9.32. The average Bonchev–Trinajstić information content (AvgIpc) is 2.86. The Hall–Kier alpha value is -2.76. The van der Waals surface area contributed by atoms with E-state index in [4.69, 9.17) is 0 Å². The number of nitrogens with one attached hydrogen (secondary N) is 1. The number of para-hydroxylation sites is 2. The lowest BCUT2D eigenvalue weighted by atomic mass is 10.3. The standard InChI is InChI=1S/C16H17N5O/c1-3-8-21-15(9-11(2)20-21)19-16(22)14-10-17-12-6-4-5-7-13(12)18-14/h4-7,9-10H,3,8H2,1-2H3,(H,19,22). The van der Waals surface area contributed by atoms with Crippen molar-refractivity contribution in [1.29, 1.82) is 0 Å². The van der Waals surface area contributed by atoms with E-state index in [1.807, 2.05) is 37.3 Å². The van der Waals surface area contributed by atoms with Gasteiger partial charge in [-0.2, -0.15) is 5.10 Å². The van der Waals surface area contributed by atoms with Gasteiger partial charge in [0.05, 0.1) is 22.9 Å². The molecule has 0 spiro atoms. The van der Waals surface area contributed by atoms with Crippen LogP contribution in [0.25, 0.3) is 11.0 Å². The van der Waals surface area contributed by atoms with E-state index in [-0.39, 0.29) is 5.91 Å². The van der Waals surface area contributed by atoms with Crippen molar-refractivity contribution < 1.29 is 4.79 Å². The maximum Gasteiger partial charge on any atom is 0.277 e. The van der Waals surface area contributed by atoms with Gasteiger partial charge in [-0.1, -0.05) is 19.1 Å². The minimum Gasteiger partial charge on any atom is -0.305 e. The van der Waals surface area contributed by atoms with E-state index >= 15 is 0 Å². The highest BCUT2D eigenvalue weighted by Crippen LogP contribution is 2.13. The summed E-state index contributed by atoms with van der Waals surface area (Å²) in [4.78, 5) is 21.0. The molecule has 1 aromatic carbocycles. The number of amides is 1. The monoisotopic (exact) mass is 295 g/mol. The molecule has 22 heavy (non-hydrogen) atoms. The van der Waals surface area contributed by atoms with E-state index in [1.54, 1.807) is 4.68 Å². The van der Waals surface area contributed by atoms with Crippen LogP contribution in [0.4, 0.5) is 5.82 Å². The first kappa shape index (κ1) is 14.2. The van der Waals surface area contributed by atoms with E-state index < -0.39 is 0 Å². The Morgan fingerprint density at radius 2 is 2.05 bits per heavy atom. The van der Waals surface area contributed by atoms with Crippen LogP contribution < -0.4 is 5.32 Å². The second-order valence-electron chi connectivity index (χ2n) is 5.09. The zero-order chi connectivity index (χ0) is 15.5. The number of hydrogen-bond donors (Lipinski definition) is 1. The fourth-order valence-electron chi connectivity index (χ4n) is 2.28. The smallest absolute Gasteiger partial charge is 0.277 e. The van der Waals surface area contributed by atoms with Crippen LogP contribution in [0.5, 0.6) is 0 Å². The summed E-state index contributed by atoms with van der Waals surface area (Å²) in [6.45, 7) is 4.72. The predicted octanol–water partition coefficient (Wildman–Crippen LogP) is 2.80. The Balaban J connectivity index is 1.86. The first-order valence-corrected chi connectivity index (χ1v) is 7.25. The third-order valence-corrected chi connectivity index (χ3v) is 3.26. The number of anilines is 1. The predicted molar refractivity (Wildman–Crippen MR) is 84.7 cm³/mol. The minimum absolute atomic E-state index is 0.282. The molecule has 0 fully saturated rings. The highest BCUT2D eigenvalue weighted by atomic mass is 16.2. The van der Waals surface area contributed by atoms with E-state index in [1.165, 1.54) is 6.20 Å². The summed E-state index contributed by atoms with van der Waals surface area (Å²) in [6.07, 6.45) is 2.44. The Morgan fingerprint density at radius 1 is 1.27 bits per heavy atom. The quantitative estimate of drug-likeness (QED) is 0.803. The molecule has 2 heterocycles. The molecule has 6 heteroatoms. The van der Waals surface area contributed by atoms with E-state index in [2.05, 4.69) is 27.3 Å². The van der Waals surface area contributed by atoms with E-state index in [0.29, 0.717) is 17.0 Å². The first-order chi connectivity index (χ1) is 10.7. The third kappa shape index (κ3) is 2.81. The Kier molecular flexibility index (Phi) is 3.82. The van der Waals surface area contributed by atoms with Gasteiger partial charge in [-0.3, -0.25) is 9.78 Å². The molecule has 1 amide bonds. The van der Waals surface area contributed by atoms with Crippen LogP contribution in [0.1, 0.15) is 29.5 Å². The second-order valence-corrected chi connectivity index (χ2v) is 5.09. The number of aromatic nitrogens is 4. The van der Waals surface area contributed by atoms with E-state index in [9.17, 15) is 4.79 Å². The van der Waals surface area contributed by atoms with Crippen molar-refractivity contribution in [3.05, 3.63) is 47.9 Å². The molecule has 2 aromatic heterocycles. The van der Waals surface area contributed by atoms with Crippen LogP contribution in [-0.2, 0) is 6.54 Å². The van der Waals surface area contributed by atoms with Crippen LogP contribution in [0.2, 0.25) is 0 Å². The number of rotatable bonds is 4. The zero-order valence-corrected chi connectivity index (χ0v) is 12.6. The molecule has 3 rings (SSSR count). The van der Waals surface area contributed by atoms with Crippen LogP contribution in [0.15, 0.2) is 36.5 Å². The number of carbonyl (C=O) groups excluding carboxylic acids is 1. The van der Waals surface area contributed by atoms with Crippen LogP contribution in [-0.4, -0.2) is 25.7 Å². The maximum absolute atomic E-state index is 12.4. The highest BCUT2D eigenvalue weighted by molar-refractivity contribution is 6.03. The molecule has 0 atom stereocenters. The van der Waals surface area contributed by atoms with Gasteiger partial charge in [0.1, 0.15) is 11.5 Å². The van der Waals surface area contributed by atoms with Crippen molar-refractivity contribution >= 4 is 22.8 Å². The number of benzene rings is 1. The van der Waals surface area contributed by atoms with Crippen LogP contribution >= 0.6 is 0 Å². The van der Waals surface area contributed by atoms with Gasteiger partial charge in [0, 0.05) is 12.6 Å². The highest BCUT2D eigenvalue weighted by Gasteiger charge is 2.13. The summed E-state index contributed by atoms with van der Waals surface area (Å²) in [5.41, 5.74) is 2.63. The number of fused-ring (bicyclic) bond motifs is 1. The van der Waals surface area contributed by atoms with Gasteiger partial charge in [0.25, 0.3) is 5.91 Å². The average molecular weight is 295 g/mol. The summed E-state index contributed by atoms with van der Waals surface area (Å²) in [5, 5.41) is 7.22. The fraction of sp³-hybridized carbons (Fsp3) is 0.250. The number of aryl methyl sites for hydroxylation is 2. The molecule has 0 bridgehead atoms. The van der Waals surface area contributed by atoms with Crippen molar-refractivity contribution in [2.75, 3.05) is 5.32 Å². The Bertz CT molecular complexity index is 824. The summed E-state index contributed by atoms with van der Waals surface area (Å²) >= 11 is 0. The van der Waals surface area contributed by atoms with Gasteiger partial charge < -0.3 is 5.32 Å². The van der Waals surface area contributed by atoms with Gasteiger partial charge in [0.15, 0.2) is 0 Å². The van der Waals surface area contributed by atoms with Gasteiger partial charge in [-0.25, -0.2) is 9.67 Å². The third-order valence-electron chi connectivity index (χ3n) is 3.26. The van der Waals surface area contributed by atoms with E-state index in [0.717, 1.165) is 24.2 Å². The molecule has 0 saturated heterocycles. The number of nitrogens with zero attached hydrogens (tertiary/aromatic N) is 4. The largest absolute Gasteiger partial charge is 0.305 e. The normalized spacial score (nSPS) is 10.8. The molecule has 0 aliphatic heterocycles. The van der Waals surface area contributed by atoms with Crippen molar-refractivity contribution in [1.82, 2.24) is 19.7 Å². The fourth-order valence-corrected chi connectivity index (χ4v) is 2.28. The van der Waals surface area contributed by atoms with Crippen LogP contribution in [0.3, 0.4) is 0 Å².